The van der Waals surface area contributed by atoms with Gasteiger partial charge in [-0.05, 0) is 31.2 Å². The summed E-state index contributed by atoms with van der Waals surface area (Å²) in [7, 11) is 1.69. The summed E-state index contributed by atoms with van der Waals surface area (Å²) >= 11 is 4.79. The molecular formula is C14H17BrFN3OS. The SMILES string of the molecule is COCCNCCCc1nnc(-c2cc(Br)ccc2F)s1. The Kier molecular flexibility index (Phi) is 6.69. The van der Waals surface area contributed by atoms with Gasteiger partial charge in [0.2, 0.25) is 0 Å². The first-order valence-corrected chi connectivity index (χ1v) is 8.29. The van der Waals surface area contributed by atoms with Gasteiger partial charge in [0.1, 0.15) is 10.8 Å². The van der Waals surface area contributed by atoms with Gasteiger partial charge in [0.15, 0.2) is 5.01 Å². The molecule has 1 aromatic heterocycles. The maximum absolute atomic E-state index is 13.8. The maximum atomic E-state index is 13.8. The van der Waals surface area contributed by atoms with Gasteiger partial charge < -0.3 is 10.1 Å². The van der Waals surface area contributed by atoms with E-state index in [0.29, 0.717) is 17.2 Å². The quantitative estimate of drug-likeness (QED) is 0.721. The average molecular weight is 374 g/mol. The highest BCUT2D eigenvalue weighted by Crippen LogP contribution is 2.29. The van der Waals surface area contributed by atoms with E-state index in [1.54, 1.807) is 19.2 Å². The highest BCUT2D eigenvalue weighted by atomic mass is 79.9. The number of hydrogen-bond donors (Lipinski definition) is 1. The van der Waals surface area contributed by atoms with Crippen LogP contribution in [-0.4, -0.2) is 37.0 Å². The fourth-order valence-corrected chi connectivity index (χ4v) is 3.05. The molecule has 0 saturated carbocycles. The number of methoxy groups -OCH3 is 1. The lowest BCUT2D eigenvalue weighted by Gasteiger charge is -2.01. The van der Waals surface area contributed by atoms with E-state index in [1.165, 1.54) is 17.4 Å². The second-order valence-electron chi connectivity index (χ2n) is 4.47. The molecule has 1 heterocycles. The van der Waals surface area contributed by atoms with E-state index in [-0.39, 0.29) is 5.82 Å². The Morgan fingerprint density at radius 1 is 1.33 bits per heavy atom. The van der Waals surface area contributed by atoms with Crippen molar-refractivity contribution >= 4 is 27.3 Å². The number of aromatic nitrogens is 2. The van der Waals surface area contributed by atoms with Crippen molar-refractivity contribution in [3.63, 3.8) is 0 Å². The Morgan fingerprint density at radius 2 is 2.19 bits per heavy atom. The minimum atomic E-state index is -0.276. The Balaban J connectivity index is 1.88. The lowest BCUT2D eigenvalue weighted by atomic mass is 10.2. The normalized spacial score (nSPS) is 11.0. The second-order valence-corrected chi connectivity index (χ2v) is 6.45. The lowest BCUT2D eigenvalue weighted by molar-refractivity contribution is 0.199. The summed E-state index contributed by atoms with van der Waals surface area (Å²) in [5.41, 5.74) is 0.492. The number of nitrogens with one attached hydrogen (secondary N) is 1. The number of benzene rings is 1. The van der Waals surface area contributed by atoms with Crippen LogP contribution in [0, 0.1) is 5.82 Å². The summed E-state index contributed by atoms with van der Waals surface area (Å²) in [6, 6.07) is 4.83. The van der Waals surface area contributed by atoms with Gasteiger partial charge in [0.05, 0.1) is 6.61 Å². The molecule has 0 atom stereocenters. The van der Waals surface area contributed by atoms with Crippen LogP contribution >= 0.6 is 27.3 Å². The van der Waals surface area contributed by atoms with Crippen LogP contribution in [0.2, 0.25) is 0 Å². The minimum absolute atomic E-state index is 0.276. The lowest BCUT2D eigenvalue weighted by Crippen LogP contribution is -2.20. The second kappa shape index (κ2) is 8.53. The predicted molar refractivity (Wildman–Crippen MR) is 86.1 cm³/mol. The molecule has 0 saturated heterocycles. The molecule has 114 valence electrons. The third kappa shape index (κ3) is 5.10. The van der Waals surface area contributed by atoms with Crippen molar-refractivity contribution in [2.24, 2.45) is 0 Å². The minimum Gasteiger partial charge on any atom is -0.383 e. The molecule has 0 bridgehead atoms. The highest BCUT2D eigenvalue weighted by molar-refractivity contribution is 9.10. The molecule has 2 aromatic rings. The number of rotatable bonds is 8. The molecule has 0 unspecified atom stereocenters. The predicted octanol–water partition coefficient (Wildman–Crippen LogP) is 3.28. The zero-order valence-electron chi connectivity index (χ0n) is 11.7. The van der Waals surface area contributed by atoms with Crippen molar-refractivity contribution in [2.45, 2.75) is 12.8 Å². The van der Waals surface area contributed by atoms with Crippen LogP contribution in [0.3, 0.4) is 0 Å². The summed E-state index contributed by atoms with van der Waals surface area (Å²) in [6.45, 7) is 2.47. The van der Waals surface area contributed by atoms with E-state index >= 15 is 0 Å². The van der Waals surface area contributed by atoms with E-state index < -0.39 is 0 Å². The van der Waals surface area contributed by atoms with E-state index in [1.807, 2.05) is 0 Å². The molecule has 21 heavy (non-hydrogen) atoms. The average Bonchev–Trinajstić information content (AvgIpc) is 2.94. The van der Waals surface area contributed by atoms with E-state index in [4.69, 9.17) is 4.74 Å². The molecule has 0 fully saturated rings. The molecule has 0 aliphatic heterocycles. The zero-order valence-corrected chi connectivity index (χ0v) is 14.1. The molecule has 1 N–H and O–H groups in total. The summed E-state index contributed by atoms with van der Waals surface area (Å²) < 4.78 is 19.6. The highest BCUT2D eigenvalue weighted by Gasteiger charge is 2.11. The molecular weight excluding hydrogens is 357 g/mol. The number of aryl methyl sites for hydroxylation is 1. The molecule has 0 amide bonds. The molecule has 0 spiro atoms. The number of hydrogen-bond acceptors (Lipinski definition) is 5. The Bertz CT molecular complexity index is 579. The van der Waals surface area contributed by atoms with E-state index in [0.717, 1.165) is 35.4 Å². The standard InChI is InChI=1S/C14H17BrFN3OS/c1-20-8-7-17-6-2-3-13-18-19-14(21-13)11-9-10(15)4-5-12(11)16/h4-5,9,17H,2-3,6-8H2,1H3. The van der Waals surface area contributed by atoms with Crippen LogP contribution in [0.1, 0.15) is 11.4 Å². The van der Waals surface area contributed by atoms with E-state index in [9.17, 15) is 4.39 Å². The van der Waals surface area contributed by atoms with Crippen LogP contribution in [0.15, 0.2) is 22.7 Å². The molecule has 0 aliphatic rings. The Morgan fingerprint density at radius 3 is 3.00 bits per heavy atom. The van der Waals surface area contributed by atoms with Gasteiger partial charge in [-0.3, -0.25) is 0 Å². The van der Waals surface area contributed by atoms with Crippen LogP contribution in [0.5, 0.6) is 0 Å². The van der Waals surface area contributed by atoms with Crippen molar-refractivity contribution in [1.29, 1.82) is 0 Å². The molecule has 0 radical (unpaired) electrons. The summed E-state index contributed by atoms with van der Waals surface area (Å²) in [6.07, 6.45) is 1.81. The maximum Gasteiger partial charge on any atom is 0.150 e. The van der Waals surface area contributed by atoms with Gasteiger partial charge in [-0.2, -0.15) is 0 Å². The third-order valence-corrected chi connectivity index (χ3v) is 4.36. The van der Waals surface area contributed by atoms with Gasteiger partial charge >= 0.3 is 0 Å². The zero-order chi connectivity index (χ0) is 15.1. The van der Waals surface area contributed by atoms with Gasteiger partial charge in [0.25, 0.3) is 0 Å². The van der Waals surface area contributed by atoms with Gasteiger partial charge in [0, 0.05) is 30.1 Å². The van der Waals surface area contributed by atoms with Crippen molar-refractivity contribution in [3.8, 4) is 10.6 Å². The molecule has 1 aromatic carbocycles. The number of halogens is 2. The number of nitrogens with zero attached hydrogens (tertiary/aromatic N) is 2. The first kappa shape index (κ1) is 16.5. The van der Waals surface area contributed by atoms with Crippen molar-refractivity contribution in [3.05, 3.63) is 33.5 Å². The largest absolute Gasteiger partial charge is 0.383 e. The molecule has 4 nitrogen and oxygen atoms in total. The van der Waals surface area contributed by atoms with E-state index in [2.05, 4.69) is 31.4 Å². The molecule has 0 aliphatic carbocycles. The first-order chi connectivity index (χ1) is 10.2. The summed E-state index contributed by atoms with van der Waals surface area (Å²) in [4.78, 5) is 0. The van der Waals surface area contributed by atoms with Crippen molar-refractivity contribution in [1.82, 2.24) is 15.5 Å². The fourth-order valence-electron chi connectivity index (χ4n) is 1.79. The molecule has 7 heteroatoms. The van der Waals surface area contributed by atoms with Crippen LogP contribution < -0.4 is 5.32 Å². The van der Waals surface area contributed by atoms with Crippen LogP contribution in [-0.2, 0) is 11.2 Å². The van der Waals surface area contributed by atoms with Gasteiger partial charge in [-0.15, -0.1) is 10.2 Å². The van der Waals surface area contributed by atoms with Gasteiger partial charge in [-0.1, -0.05) is 27.3 Å². The topological polar surface area (TPSA) is 47.0 Å². The smallest absolute Gasteiger partial charge is 0.150 e. The van der Waals surface area contributed by atoms with Crippen molar-refractivity contribution in [2.75, 3.05) is 26.8 Å². The molecule has 2 rings (SSSR count). The summed E-state index contributed by atoms with van der Waals surface area (Å²) in [5, 5.41) is 13.0. The first-order valence-electron chi connectivity index (χ1n) is 6.68. The fraction of sp³-hybridized carbons (Fsp3) is 0.429. The monoisotopic (exact) mass is 373 g/mol. The van der Waals surface area contributed by atoms with Crippen molar-refractivity contribution < 1.29 is 9.13 Å². The Hall–Kier alpha value is -0.890. The Labute approximate surface area is 135 Å². The number of ether oxygens (including phenoxy) is 1. The summed E-state index contributed by atoms with van der Waals surface area (Å²) in [5.74, 6) is -0.276. The third-order valence-electron chi connectivity index (χ3n) is 2.85. The van der Waals surface area contributed by atoms with Crippen LogP contribution in [0.4, 0.5) is 4.39 Å². The van der Waals surface area contributed by atoms with Gasteiger partial charge in [-0.25, -0.2) is 4.39 Å². The van der Waals surface area contributed by atoms with Crippen LogP contribution in [0.25, 0.3) is 10.6 Å².